The number of nitrogens with one attached hydrogen (secondary N) is 1. The highest BCUT2D eigenvalue weighted by Crippen LogP contribution is 2.26. The zero-order chi connectivity index (χ0) is 13.1. The lowest BCUT2D eigenvalue weighted by Gasteiger charge is -2.17. The van der Waals surface area contributed by atoms with Crippen molar-refractivity contribution in [1.82, 2.24) is 9.78 Å². The summed E-state index contributed by atoms with van der Waals surface area (Å²) in [6, 6.07) is 0. The van der Waals surface area contributed by atoms with Gasteiger partial charge in [0.2, 0.25) is 5.88 Å². The highest BCUT2D eigenvalue weighted by Gasteiger charge is 2.21. The van der Waals surface area contributed by atoms with E-state index < -0.39 is 0 Å². The molecule has 0 radical (unpaired) electrons. The molecule has 0 unspecified atom stereocenters. The van der Waals surface area contributed by atoms with E-state index in [1.165, 1.54) is 25.7 Å². The molecule has 0 aromatic carbocycles. The maximum Gasteiger partial charge on any atom is 0.223 e. The van der Waals surface area contributed by atoms with E-state index in [0.717, 1.165) is 18.5 Å². The molecule has 1 aromatic heterocycles. The van der Waals surface area contributed by atoms with Gasteiger partial charge in [-0.05, 0) is 32.6 Å². The Kier molecular flexibility index (Phi) is 3.89. The van der Waals surface area contributed by atoms with Crippen LogP contribution >= 0.6 is 0 Å². The van der Waals surface area contributed by atoms with Gasteiger partial charge in [0.1, 0.15) is 17.5 Å². The molecule has 0 amide bonds. The number of amidine groups is 1. The Morgan fingerprint density at radius 3 is 2.50 bits per heavy atom. The largest absolute Gasteiger partial charge is 0.474 e. The molecule has 2 rings (SSSR count). The molecular weight excluding hydrogens is 228 g/mol. The number of nitrogens with two attached hydrogens (primary N) is 1. The molecule has 5 nitrogen and oxygen atoms in total. The molecule has 0 saturated heterocycles. The van der Waals surface area contributed by atoms with Crippen molar-refractivity contribution in [3.05, 3.63) is 11.3 Å². The summed E-state index contributed by atoms with van der Waals surface area (Å²) in [5, 5.41) is 11.9. The van der Waals surface area contributed by atoms with Crippen LogP contribution in [0.1, 0.15) is 49.8 Å². The van der Waals surface area contributed by atoms with Crippen molar-refractivity contribution in [3.8, 4) is 5.88 Å². The van der Waals surface area contributed by atoms with Gasteiger partial charge in [0.25, 0.3) is 0 Å². The first-order chi connectivity index (χ1) is 8.59. The van der Waals surface area contributed by atoms with Crippen molar-refractivity contribution >= 4 is 5.84 Å². The Balaban J connectivity index is 2.19. The van der Waals surface area contributed by atoms with E-state index in [-0.39, 0.29) is 11.9 Å². The molecule has 18 heavy (non-hydrogen) atoms. The summed E-state index contributed by atoms with van der Waals surface area (Å²) in [4.78, 5) is 0. The second kappa shape index (κ2) is 5.42. The Bertz CT molecular complexity index is 430. The van der Waals surface area contributed by atoms with Gasteiger partial charge in [-0.2, -0.15) is 5.10 Å². The molecule has 1 saturated carbocycles. The molecule has 0 atom stereocenters. The van der Waals surface area contributed by atoms with E-state index in [1.54, 1.807) is 4.68 Å². The summed E-state index contributed by atoms with van der Waals surface area (Å²) in [6.45, 7) is 1.86. The van der Waals surface area contributed by atoms with Crippen molar-refractivity contribution < 1.29 is 4.74 Å². The standard InChI is InChI=1S/C13H22N4O/c1-9-11(12(14)15)13(17(2)16-9)18-10-7-5-3-4-6-8-10/h10H,3-8H2,1-2H3,(H3,14,15). The molecule has 3 N–H and O–H groups in total. The highest BCUT2D eigenvalue weighted by molar-refractivity contribution is 5.98. The van der Waals surface area contributed by atoms with Crippen LogP contribution in [0.3, 0.4) is 0 Å². The van der Waals surface area contributed by atoms with Gasteiger partial charge >= 0.3 is 0 Å². The van der Waals surface area contributed by atoms with Gasteiger partial charge in [-0.1, -0.05) is 12.8 Å². The zero-order valence-corrected chi connectivity index (χ0v) is 11.2. The molecular formula is C13H22N4O. The quantitative estimate of drug-likeness (QED) is 0.490. The monoisotopic (exact) mass is 250 g/mol. The highest BCUT2D eigenvalue weighted by atomic mass is 16.5. The molecule has 0 bridgehead atoms. The first-order valence-corrected chi connectivity index (χ1v) is 6.64. The second-order valence-corrected chi connectivity index (χ2v) is 5.03. The molecule has 100 valence electrons. The van der Waals surface area contributed by atoms with Gasteiger partial charge in [0, 0.05) is 7.05 Å². The van der Waals surface area contributed by atoms with Crippen molar-refractivity contribution in [2.45, 2.75) is 51.6 Å². The molecule has 0 spiro atoms. The molecule has 1 aliphatic rings. The van der Waals surface area contributed by atoms with Crippen LogP contribution in [0, 0.1) is 12.3 Å². The van der Waals surface area contributed by atoms with E-state index in [1.807, 2.05) is 14.0 Å². The van der Waals surface area contributed by atoms with Gasteiger partial charge in [-0.15, -0.1) is 0 Å². The summed E-state index contributed by atoms with van der Waals surface area (Å²) >= 11 is 0. The van der Waals surface area contributed by atoms with Crippen LogP contribution in [0.15, 0.2) is 0 Å². The Morgan fingerprint density at radius 1 is 1.33 bits per heavy atom. The third-order valence-corrected chi connectivity index (χ3v) is 3.52. The maximum absolute atomic E-state index is 7.64. The summed E-state index contributed by atoms with van der Waals surface area (Å²) in [6.07, 6.45) is 7.44. The fourth-order valence-corrected chi connectivity index (χ4v) is 2.60. The first-order valence-electron chi connectivity index (χ1n) is 6.64. The van der Waals surface area contributed by atoms with Crippen LogP contribution in [-0.4, -0.2) is 21.7 Å². The average Bonchev–Trinajstić information content (AvgIpc) is 2.51. The number of nitrogens with zero attached hydrogens (tertiary/aromatic N) is 2. The lowest BCUT2D eigenvalue weighted by atomic mass is 10.1. The number of hydrogen-bond acceptors (Lipinski definition) is 3. The summed E-state index contributed by atoms with van der Waals surface area (Å²) in [7, 11) is 1.84. The van der Waals surface area contributed by atoms with Crippen molar-refractivity contribution in [3.63, 3.8) is 0 Å². The molecule has 5 heteroatoms. The van der Waals surface area contributed by atoms with Crippen LogP contribution < -0.4 is 10.5 Å². The third kappa shape index (κ3) is 2.66. The maximum atomic E-state index is 7.64. The molecule has 1 aliphatic carbocycles. The van der Waals surface area contributed by atoms with Gasteiger partial charge in [-0.3, -0.25) is 5.41 Å². The predicted molar refractivity (Wildman–Crippen MR) is 71.1 cm³/mol. The smallest absolute Gasteiger partial charge is 0.223 e. The van der Waals surface area contributed by atoms with E-state index >= 15 is 0 Å². The van der Waals surface area contributed by atoms with Crippen molar-refractivity contribution in [1.29, 1.82) is 5.41 Å². The number of aromatic nitrogens is 2. The van der Waals surface area contributed by atoms with Gasteiger partial charge < -0.3 is 10.5 Å². The first kappa shape index (κ1) is 12.9. The number of rotatable bonds is 3. The van der Waals surface area contributed by atoms with Gasteiger partial charge in [0.05, 0.1) is 5.69 Å². The average molecular weight is 250 g/mol. The molecule has 1 aromatic rings. The Hall–Kier alpha value is -1.52. The van der Waals surface area contributed by atoms with Crippen molar-refractivity contribution in [2.24, 2.45) is 12.8 Å². The van der Waals surface area contributed by atoms with Gasteiger partial charge in [-0.25, -0.2) is 4.68 Å². The van der Waals surface area contributed by atoms with E-state index in [2.05, 4.69) is 5.10 Å². The fourth-order valence-electron chi connectivity index (χ4n) is 2.60. The second-order valence-electron chi connectivity index (χ2n) is 5.03. The number of hydrogen-bond donors (Lipinski definition) is 2. The SMILES string of the molecule is Cc1nn(C)c(OC2CCCCCC2)c1C(=N)N. The summed E-state index contributed by atoms with van der Waals surface area (Å²) in [5.41, 5.74) is 7.01. The molecule has 1 heterocycles. The lowest BCUT2D eigenvalue weighted by Crippen LogP contribution is -2.20. The number of nitrogen functional groups attached to an aromatic ring is 1. The van der Waals surface area contributed by atoms with Crippen molar-refractivity contribution in [2.75, 3.05) is 0 Å². The van der Waals surface area contributed by atoms with Gasteiger partial charge in [0.15, 0.2) is 0 Å². The van der Waals surface area contributed by atoms with Crippen LogP contribution in [0.2, 0.25) is 0 Å². The normalized spacial score (nSPS) is 17.4. The summed E-state index contributed by atoms with van der Waals surface area (Å²) < 4.78 is 7.75. The minimum Gasteiger partial charge on any atom is -0.474 e. The molecule has 0 aliphatic heterocycles. The van der Waals surface area contributed by atoms with Crippen LogP contribution in [-0.2, 0) is 7.05 Å². The Labute approximate surface area is 108 Å². The van der Waals surface area contributed by atoms with E-state index in [9.17, 15) is 0 Å². The lowest BCUT2D eigenvalue weighted by molar-refractivity contribution is 0.168. The van der Waals surface area contributed by atoms with Crippen LogP contribution in [0.4, 0.5) is 0 Å². The fraction of sp³-hybridized carbons (Fsp3) is 0.692. The van der Waals surface area contributed by atoms with E-state index in [0.29, 0.717) is 11.4 Å². The minimum absolute atomic E-state index is 0.0317. The van der Waals surface area contributed by atoms with E-state index in [4.69, 9.17) is 15.9 Å². The summed E-state index contributed by atoms with van der Waals surface area (Å²) in [5.74, 6) is 0.677. The Morgan fingerprint density at radius 2 is 1.94 bits per heavy atom. The predicted octanol–water partition coefficient (Wildman–Crippen LogP) is 2.11. The zero-order valence-electron chi connectivity index (χ0n) is 11.2. The van der Waals surface area contributed by atoms with Crippen LogP contribution in [0.5, 0.6) is 5.88 Å². The van der Waals surface area contributed by atoms with Crippen LogP contribution in [0.25, 0.3) is 0 Å². The number of ether oxygens (including phenoxy) is 1. The minimum atomic E-state index is 0.0317. The third-order valence-electron chi connectivity index (χ3n) is 3.52. The topological polar surface area (TPSA) is 76.9 Å². The molecule has 1 fully saturated rings. The number of aryl methyl sites for hydroxylation is 2.